The minimum Gasteiger partial charge on any atom is -0.478 e. The number of aromatic carboxylic acids is 1. The molecular weight excluding hydrogens is 230 g/mol. The molecule has 4 heteroatoms. The number of rotatable bonds is 2. The van der Waals surface area contributed by atoms with Gasteiger partial charge in [0.2, 0.25) is 0 Å². The lowest BCUT2D eigenvalue weighted by molar-refractivity contribution is 0.0695. The average molecular weight is 249 g/mol. The summed E-state index contributed by atoms with van der Waals surface area (Å²) in [4.78, 5) is 13.2. The largest absolute Gasteiger partial charge is 0.478 e. The van der Waals surface area contributed by atoms with Gasteiger partial charge in [0.25, 0.3) is 0 Å². The summed E-state index contributed by atoms with van der Waals surface area (Å²) in [6.07, 6.45) is 0.495. The van der Waals surface area contributed by atoms with Gasteiger partial charge in [-0.3, -0.25) is 0 Å². The molecule has 4 nitrogen and oxygen atoms in total. The van der Waals surface area contributed by atoms with Gasteiger partial charge < -0.3 is 15.1 Å². The Morgan fingerprint density at radius 2 is 2.17 bits per heavy atom. The van der Waals surface area contributed by atoms with E-state index in [9.17, 15) is 15.0 Å². The Hall–Kier alpha value is -1.55. The highest BCUT2D eigenvalue weighted by Crippen LogP contribution is 2.27. The van der Waals surface area contributed by atoms with Crippen LogP contribution in [0.1, 0.15) is 29.3 Å². The summed E-state index contributed by atoms with van der Waals surface area (Å²) >= 11 is 0. The second kappa shape index (κ2) is 4.98. The topological polar surface area (TPSA) is 60.8 Å². The highest BCUT2D eigenvalue weighted by molar-refractivity contribution is 5.94. The number of aryl methyl sites for hydroxylation is 1. The lowest BCUT2D eigenvalue weighted by atomic mass is 9.95. The molecule has 1 aromatic rings. The van der Waals surface area contributed by atoms with E-state index in [0.29, 0.717) is 17.8 Å². The van der Waals surface area contributed by atoms with Crippen molar-refractivity contribution in [3.05, 3.63) is 29.3 Å². The maximum atomic E-state index is 11.2. The Balaban J connectivity index is 2.32. The zero-order valence-electron chi connectivity index (χ0n) is 10.8. The number of β-amino-alcohol motifs (C(OH)–C–C–N with tert-alkyl or cyclic N) is 1. The molecule has 0 amide bonds. The lowest BCUT2D eigenvalue weighted by Crippen LogP contribution is -2.43. The Bertz CT molecular complexity index is 458. The van der Waals surface area contributed by atoms with Gasteiger partial charge in [-0.05, 0) is 37.0 Å². The van der Waals surface area contributed by atoms with Crippen LogP contribution < -0.4 is 4.90 Å². The molecule has 1 saturated heterocycles. The lowest BCUT2D eigenvalue weighted by Gasteiger charge is -2.36. The van der Waals surface area contributed by atoms with Crippen LogP contribution in [0, 0.1) is 12.8 Å². The van der Waals surface area contributed by atoms with Crippen LogP contribution in [-0.2, 0) is 0 Å². The van der Waals surface area contributed by atoms with Gasteiger partial charge in [0.05, 0.1) is 17.4 Å². The Morgan fingerprint density at radius 3 is 2.78 bits per heavy atom. The number of carboxylic acid groups (broad SMARTS) is 1. The number of aliphatic hydroxyl groups is 1. The molecule has 1 heterocycles. The van der Waals surface area contributed by atoms with Crippen molar-refractivity contribution in [2.45, 2.75) is 26.4 Å². The number of carboxylic acids is 1. The number of aliphatic hydroxyl groups excluding tert-OH is 1. The van der Waals surface area contributed by atoms with Crippen molar-refractivity contribution in [3.63, 3.8) is 0 Å². The number of carbonyl (C=O) groups is 1. The second-order valence-electron chi connectivity index (χ2n) is 5.11. The molecule has 1 fully saturated rings. The summed E-state index contributed by atoms with van der Waals surface area (Å²) in [5.41, 5.74) is 2.05. The molecule has 0 aromatic heterocycles. The number of nitrogens with zero attached hydrogens (tertiary/aromatic N) is 1. The first kappa shape index (κ1) is 12.9. The van der Waals surface area contributed by atoms with Crippen LogP contribution in [0.3, 0.4) is 0 Å². The van der Waals surface area contributed by atoms with Crippen molar-refractivity contribution < 1.29 is 15.0 Å². The van der Waals surface area contributed by atoms with Crippen LogP contribution in [-0.4, -0.2) is 35.4 Å². The van der Waals surface area contributed by atoms with Gasteiger partial charge in [0.1, 0.15) is 0 Å². The summed E-state index contributed by atoms with van der Waals surface area (Å²) in [6, 6.07) is 5.32. The fourth-order valence-electron chi connectivity index (χ4n) is 2.35. The molecule has 1 aliphatic heterocycles. The van der Waals surface area contributed by atoms with Crippen molar-refractivity contribution in [1.82, 2.24) is 0 Å². The van der Waals surface area contributed by atoms with E-state index >= 15 is 0 Å². The highest BCUT2D eigenvalue weighted by Gasteiger charge is 2.26. The van der Waals surface area contributed by atoms with Gasteiger partial charge in [-0.25, -0.2) is 4.79 Å². The first-order chi connectivity index (χ1) is 8.49. The molecular formula is C14H19NO3. The Morgan fingerprint density at radius 1 is 1.44 bits per heavy atom. The molecule has 0 bridgehead atoms. The van der Waals surface area contributed by atoms with E-state index in [1.165, 1.54) is 0 Å². The van der Waals surface area contributed by atoms with E-state index in [1.54, 1.807) is 12.1 Å². The minimum absolute atomic E-state index is 0.277. The summed E-state index contributed by atoms with van der Waals surface area (Å²) in [5, 5.41) is 19.1. The fourth-order valence-corrected chi connectivity index (χ4v) is 2.35. The van der Waals surface area contributed by atoms with Crippen molar-refractivity contribution in [3.8, 4) is 0 Å². The van der Waals surface area contributed by atoms with Gasteiger partial charge in [0.15, 0.2) is 0 Å². The van der Waals surface area contributed by atoms with Crippen LogP contribution in [0.15, 0.2) is 18.2 Å². The van der Waals surface area contributed by atoms with Gasteiger partial charge in [-0.15, -0.1) is 0 Å². The number of piperidine rings is 1. The summed E-state index contributed by atoms with van der Waals surface area (Å²) < 4.78 is 0. The minimum atomic E-state index is -0.918. The fraction of sp³-hybridized carbons (Fsp3) is 0.500. The standard InChI is InChI=1S/C14H19NO3/c1-9-3-4-11(14(17)18)12(7-9)15-6-5-10(2)13(16)8-15/h3-4,7,10,13,16H,5-6,8H2,1-2H3,(H,17,18). The smallest absolute Gasteiger partial charge is 0.337 e. The molecule has 1 aromatic carbocycles. The molecule has 2 rings (SSSR count). The highest BCUT2D eigenvalue weighted by atomic mass is 16.4. The molecule has 1 aliphatic rings. The maximum Gasteiger partial charge on any atom is 0.337 e. The van der Waals surface area contributed by atoms with E-state index in [1.807, 2.05) is 24.8 Å². The van der Waals surface area contributed by atoms with Gasteiger partial charge >= 0.3 is 5.97 Å². The maximum absolute atomic E-state index is 11.2. The zero-order chi connectivity index (χ0) is 13.3. The van der Waals surface area contributed by atoms with Crippen molar-refractivity contribution in [1.29, 1.82) is 0 Å². The number of hydrogen-bond donors (Lipinski definition) is 2. The zero-order valence-corrected chi connectivity index (χ0v) is 10.8. The monoisotopic (exact) mass is 249 g/mol. The first-order valence-corrected chi connectivity index (χ1v) is 6.26. The molecule has 2 N–H and O–H groups in total. The molecule has 18 heavy (non-hydrogen) atoms. The third-order valence-electron chi connectivity index (χ3n) is 3.64. The normalized spacial score (nSPS) is 24.1. The predicted octanol–water partition coefficient (Wildman–Crippen LogP) is 1.90. The number of benzene rings is 1. The third kappa shape index (κ3) is 2.48. The molecule has 2 unspecified atom stereocenters. The molecule has 0 spiro atoms. The van der Waals surface area contributed by atoms with Crippen LogP contribution in [0.2, 0.25) is 0 Å². The first-order valence-electron chi connectivity index (χ1n) is 6.26. The molecule has 98 valence electrons. The van der Waals surface area contributed by atoms with Crippen LogP contribution in [0.5, 0.6) is 0 Å². The Kier molecular flexibility index (Phi) is 3.57. The van der Waals surface area contributed by atoms with Crippen LogP contribution >= 0.6 is 0 Å². The van der Waals surface area contributed by atoms with Crippen molar-refractivity contribution in [2.24, 2.45) is 5.92 Å². The van der Waals surface area contributed by atoms with E-state index < -0.39 is 5.97 Å². The van der Waals surface area contributed by atoms with Gasteiger partial charge in [-0.1, -0.05) is 13.0 Å². The molecule has 0 saturated carbocycles. The summed E-state index contributed by atoms with van der Waals surface area (Å²) in [5.74, 6) is -0.641. The SMILES string of the molecule is Cc1ccc(C(=O)O)c(N2CCC(C)C(O)C2)c1. The number of anilines is 1. The molecule has 0 aliphatic carbocycles. The van der Waals surface area contributed by atoms with Crippen LogP contribution in [0.4, 0.5) is 5.69 Å². The van der Waals surface area contributed by atoms with Gasteiger partial charge in [-0.2, -0.15) is 0 Å². The van der Waals surface area contributed by atoms with Crippen LogP contribution in [0.25, 0.3) is 0 Å². The van der Waals surface area contributed by atoms with Crippen molar-refractivity contribution >= 4 is 11.7 Å². The third-order valence-corrected chi connectivity index (χ3v) is 3.64. The number of hydrogen-bond acceptors (Lipinski definition) is 3. The predicted molar refractivity (Wildman–Crippen MR) is 70.1 cm³/mol. The summed E-state index contributed by atoms with van der Waals surface area (Å²) in [7, 11) is 0. The van der Waals surface area contributed by atoms with E-state index in [4.69, 9.17) is 0 Å². The van der Waals surface area contributed by atoms with Crippen molar-refractivity contribution in [2.75, 3.05) is 18.0 Å². The molecule has 2 atom stereocenters. The van der Waals surface area contributed by atoms with E-state index in [0.717, 1.165) is 18.5 Å². The summed E-state index contributed by atoms with van der Waals surface area (Å²) in [6.45, 7) is 5.27. The van der Waals surface area contributed by atoms with E-state index in [2.05, 4.69) is 0 Å². The second-order valence-corrected chi connectivity index (χ2v) is 5.11. The van der Waals surface area contributed by atoms with E-state index in [-0.39, 0.29) is 12.0 Å². The Labute approximate surface area is 107 Å². The van der Waals surface area contributed by atoms with Gasteiger partial charge in [0, 0.05) is 13.1 Å². The quantitative estimate of drug-likeness (QED) is 0.840. The molecule has 0 radical (unpaired) electrons. The average Bonchev–Trinajstić information content (AvgIpc) is 2.32.